The molecule has 4 rings (SSSR count). The second-order valence-electron chi connectivity index (χ2n) is 5.74. The molecule has 0 aliphatic carbocycles. The Hall–Kier alpha value is -3.70. The number of thiazole rings is 2. The summed E-state index contributed by atoms with van der Waals surface area (Å²) in [4.78, 5) is 43.3. The number of non-ortho nitro benzene ring substituents is 1. The van der Waals surface area contributed by atoms with Crippen molar-refractivity contribution in [3.63, 3.8) is 0 Å². The van der Waals surface area contributed by atoms with E-state index in [0.717, 1.165) is 22.7 Å². The summed E-state index contributed by atoms with van der Waals surface area (Å²) in [6, 6.07) is 13.0. The van der Waals surface area contributed by atoms with Crippen LogP contribution in [0.2, 0.25) is 0 Å². The fraction of sp³-hybridized carbons (Fsp3) is 0. The minimum Gasteiger partial charge on any atom is -0.298 e. The molecule has 0 fully saturated rings. The molecular weight excluding hydrogens is 414 g/mol. The molecule has 2 amide bonds. The Morgan fingerprint density at radius 1 is 0.966 bits per heavy atom. The summed E-state index contributed by atoms with van der Waals surface area (Å²) in [5.41, 5.74) is 1.11. The molecule has 0 saturated carbocycles. The van der Waals surface area contributed by atoms with Gasteiger partial charge in [-0.15, -0.1) is 11.3 Å². The smallest absolute Gasteiger partial charge is 0.276 e. The van der Waals surface area contributed by atoms with Crippen LogP contribution < -0.4 is 10.6 Å². The quantitative estimate of drug-likeness (QED) is 0.365. The Morgan fingerprint density at radius 2 is 1.72 bits per heavy atom. The minimum absolute atomic E-state index is 0.0441. The predicted octanol–water partition coefficient (Wildman–Crippen LogP) is 4.17. The molecule has 0 unspecified atom stereocenters. The summed E-state index contributed by atoms with van der Waals surface area (Å²) in [7, 11) is 0. The zero-order valence-electron chi connectivity index (χ0n) is 14.5. The van der Waals surface area contributed by atoms with Crippen molar-refractivity contribution in [3.05, 3.63) is 75.3 Å². The maximum atomic E-state index is 12.4. The first-order valence-electron chi connectivity index (χ1n) is 8.18. The third-order valence-electron chi connectivity index (χ3n) is 3.80. The van der Waals surface area contributed by atoms with Crippen molar-refractivity contribution in [2.24, 2.45) is 0 Å². The van der Waals surface area contributed by atoms with Gasteiger partial charge in [-0.1, -0.05) is 29.5 Å². The van der Waals surface area contributed by atoms with Crippen LogP contribution in [0, 0.1) is 10.1 Å². The van der Waals surface area contributed by atoms with Crippen LogP contribution in [0.15, 0.2) is 53.9 Å². The van der Waals surface area contributed by atoms with E-state index in [1.54, 1.807) is 24.3 Å². The van der Waals surface area contributed by atoms with Crippen molar-refractivity contribution in [1.82, 2.24) is 9.97 Å². The molecule has 0 spiro atoms. The number of nitro groups is 1. The van der Waals surface area contributed by atoms with Crippen molar-refractivity contribution in [3.8, 4) is 0 Å². The number of rotatable bonds is 5. The van der Waals surface area contributed by atoms with E-state index in [2.05, 4.69) is 20.6 Å². The van der Waals surface area contributed by atoms with E-state index in [1.807, 2.05) is 6.07 Å². The van der Waals surface area contributed by atoms with Crippen LogP contribution in [-0.2, 0) is 0 Å². The van der Waals surface area contributed by atoms with E-state index >= 15 is 0 Å². The van der Waals surface area contributed by atoms with Gasteiger partial charge in [0.1, 0.15) is 5.69 Å². The van der Waals surface area contributed by atoms with Crippen molar-refractivity contribution in [2.45, 2.75) is 0 Å². The molecule has 2 heterocycles. The number of carbonyl (C=O) groups is 2. The van der Waals surface area contributed by atoms with Crippen LogP contribution in [0.3, 0.4) is 0 Å². The number of nitrogens with zero attached hydrogens (tertiary/aromatic N) is 3. The second-order valence-corrected chi connectivity index (χ2v) is 7.63. The fourth-order valence-electron chi connectivity index (χ4n) is 2.44. The first-order chi connectivity index (χ1) is 14.0. The number of nitro benzene ring substituents is 1. The summed E-state index contributed by atoms with van der Waals surface area (Å²) in [6.07, 6.45) is 0. The fourth-order valence-corrected chi connectivity index (χ4v) is 4.02. The predicted molar refractivity (Wildman–Crippen MR) is 111 cm³/mol. The zero-order chi connectivity index (χ0) is 20.4. The van der Waals surface area contributed by atoms with Gasteiger partial charge >= 0.3 is 0 Å². The monoisotopic (exact) mass is 425 g/mol. The Balaban J connectivity index is 1.46. The summed E-state index contributed by atoms with van der Waals surface area (Å²) in [6.45, 7) is 0. The highest BCUT2D eigenvalue weighted by atomic mass is 32.1. The highest BCUT2D eigenvalue weighted by Crippen LogP contribution is 2.29. The number of fused-ring (bicyclic) bond motifs is 1. The van der Waals surface area contributed by atoms with Gasteiger partial charge < -0.3 is 0 Å². The Bertz CT molecular complexity index is 1240. The van der Waals surface area contributed by atoms with Crippen molar-refractivity contribution < 1.29 is 14.5 Å². The number of amides is 2. The zero-order valence-corrected chi connectivity index (χ0v) is 16.1. The Labute approximate surface area is 171 Å². The average molecular weight is 425 g/mol. The minimum atomic E-state index is -0.491. The second kappa shape index (κ2) is 7.73. The number of carbonyl (C=O) groups excluding carboxylic acids is 2. The average Bonchev–Trinajstić information content (AvgIpc) is 3.34. The topological polar surface area (TPSA) is 127 Å². The lowest BCUT2D eigenvalue weighted by atomic mass is 10.2. The molecule has 0 radical (unpaired) electrons. The van der Waals surface area contributed by atoms with E-state index in [4.69, 9.17) is 0 Å². The van der Waals surface area contributed by atoms with Gasteiger partial charge in [0.05, 0.1) is 15.1 Å². The lowest BCUT2D eigenvalue weighted by Gasteiger charge is -2.01. The molecule has 0 aliphatic heterocycles. The van der Waals surface area contributed by atoms with E-state index in [1.165, 1.54) is 23.6 Å². The molecule has 0 bridgehead atoms. The van der Waals surface area contributed by atoms with Crippen LogP contribution in [0.4, 0.5) is 16.0 Å². The highest BCUT2D eigenvalue weighted by molar-refractivity contribution is 7.22. The highest BCUT2D eigenvalue weighted by Gasteiger charge is 2.16. The van der Waals surface area contributed by atoms with Crippen LogP contribution >= 0.6 is 22.7 Å². The molecule has 0 aliphatic rings. The maximum Gasteiger partial charge on any atom is 0.276 e. The van der Waals surface area contributed by atoms with Crippen LogP contribution in [-0.4, -0.2) is 26.7 Å². The van der Waals surface area contributed by atoms with Crippen molar-refractivity contribution in [1.29, 1.82) is 0 Å². The van der Waals surface area contributed by atoms with Gasteiger partial charge in [-0.25, -0.2) is 9.97 Å². The number of anilines is 2. The molecule has 11 heteroatoms. The van der Waals surface area contributed by atoms with Gasteiger partial charge in [0.25, 0.3) is 17.5 Å². The summed E-state index contributed by atoms with van der Waals surface area (Å²) < 4.78 is 0.587. The van der Waals surface area contributed by atoms with Gasteiger partial charge in [-0.2, -0.15) is 0 Å². The lowest BCUT2D eigenvalue weighted by Crippen LogP contribution is -2.14. The third kappa shape index (κ3) is 4.10. The largest absolute Gasteiger partial charge is 0.298 e. The number of benzene rings is 2. The van der Waals surface area contributed by atoms with Gasteiger partial charge in [-0.05, 0) is 18.2 Å². The SMILES string of the molecule is O=C(Nc1nc(C(=O)Nc2nc3ccc([N+](=O)[O-])cc3s2)cs1)c1ccccc1. The molecule has 4 aromatic rings. The molecular formula is C18H11N5O4S2. The van der Waals surface area contributed by atoms with Gasteiger partial charge in [0.15, 0.2) is 10.3 Å². The van der Waals surface area contributed by atoms with E-state index in [9.17, 15) is 19.7 Å². The van der Waals surface area contributed by atoms with Gasteiger partial charge in [-0.3, -0.25) is 30.3 Å². The van der Waals surface area contributed by atoms with Crippen molar-refractivity contribution in [2.75, 3.05) is 10.6 Å². The first kappa shape index (κ1) is 18.7. The molecule has 144 valence electrons. The Morgan fingerprint density at radius 3 is 2.48 bits per heavy atom. The maximum absolute atomic E-state index is 12.4. The molecule has 2 aromatic heterocycles. The normalized spacial score (nSPS) is 10.6. The van der Waals surface area contributed by atoms with Crippen LogP contribution in [0.1, 0.15) is 20.8 Å². The number of hydrogen-bond donors (Lipinski definition) is 2. The summed E-state index contributed by atoms with van der Waals surface area (Å²) >= 11 is 2.25. The molecule has 0 saturated heterocycles. The van der Waals surface area contributed by atoms with Gasteiger partial charge in [0.2, 0.25) is 0 Å². The van der Waals surface area contributed by atoms with E-state index < -0.39 is 10.8 Å². The van der Waals surface area contributed by atoms with Crippen LogP contribution in [0.25, 0.3) is 10.2 Å². The van der Waals surface area contributed by atoms with Crippen molar-refractivity contribution >= 4 is 60.7 Å². The van der Waals surface area contributed by atoms with E-state index in [-0.39, 0.29) is 17.3 Å². The number of aromatic nitrogens is 2. The Kier molecular flexibility index (Phi) is 4.97. The molecule has 0 atom stereocenters. The number of hydrogen-bond acceptors (Lipinski definition) is 8. The molecule has 29 heavy (non-hydrogen) atoms. The lowest BCUT2D eigenvalue weighted by molar-refractivity contribution is -0.384. The summed E-state index contributed by atoms with van der Waals surface area (Å²) in [5, 5.41) is 18.3. The number of nitrogens with one attached hydrogen (secondary N) is 2. The van der Waals surface area contributed by atoms with E-state index in [0.29, 0.717) is 26.0 Å². The third-order valence-corrected chi connectivity index (χ3v) is 5.49. The summed E-state index contributed by atoms with van der Waals surface area (Å²) in [5.74, 6) is -0.810. The van der Waals surface area contributed by atoms with Crippen LogP contribution in [0.5, 0.6) is 0 Å². The standard InChI is InChI=1S/C18H11N5O4S2/c24-15(10-4-2-1-3-5-10)21-17-20-13(9-28-17)16(25)22-18-19-12-7-6-11(23(26)27)8-14(12)29-18/h1-9H,(H,19,22,25)(H,20,21,24). The molecule has 2 aromatic carbocycles. The van der Waals surface area contributed by atoms with Gasteiger partial charge in [0, 0.05) is 23.1 Å². The first-order valence-corrected chi connectivity index (χ1v) is 9.87. The molecule has 9 nitrogen and oxygen atoms in total. The molecule has 2 N–H and O–H groups in total.